The van der Waals surface area contributed by atoms with Crippen molar-refractivity contribution in [2.45, 2.75) is 18.9 Å². The zero-order valence-corrected chi connectivity index (χ0v) is 7.70. The van der Waals surface area contributed by atoms with Crippen LogP contribution in [0.2, 0.25) is 0 Å². The molecule has 0 aromatic heterocycles. The second-order valence-electron chi connectivity index (χ2n) is 2.82. The summed E-state index contributed by atoms with van der Waals surface area (Å²) in [6.45, 7) is 1.14. The summed E-state index contributed by atoms with van der Waals surface area (Å²) in [6.07, 6.45) is -1.39. The number of carbonyl (C=O) groups is 1. The molecule has 72 valence electrons. The molecular weight excluding hydrogens is 183 g/mol. The van der Waals surface area contributed by atoms with Gasteiger partial charge < -0.3 is 15.1 Å². The third-order valence-corrected chi connectivity index (χ3v) is 2.34. The van der Waals surface area contributed by atoms with Crippen LogP contribution in [0.4, 0.5) is 0 Å². The molecule has 0 aliphatic carbocycles. The van der Waals surface area contributed by atoms with Crippen LogP contribution in [0.25, 0.3) is 0 Å². The molecule has 6 heteroatoms. The van der Waals surface area contributed by atoms with E-state index >= 15 is 0 Å². The molecule has 0 rings (SSSR count). The fourth-order valence-corrected chi connectivity index (χ4v) is 1.74. The molecule has 0 radical (unpaired) electrons. The minimum absolute atomic E-state index is 0.0216. The van der Waals surface area contributed by atoms with E-state index in [2.05, 4.69) is 0 Å². The molecule has 0 aliphatic rings. The smallest absolute Gasteiger partial charge is 0.303 e. The Balaban J connectivity index is 3.67. The Hall–Kier alpha value is -0.380. The molecule has 0 amide bonds. The van der Waals surface area contributed by atoms with Gasteiger partial charge >= 0.3 is 5.97 Å². The van der Waals surface area contributed by atoms with Crippen molar-refractivity contribution in [2.75, 3.05) is 12.8 Å². The summed E-state index contributed by atoms with van der Waals surface area (Å²) in [6, 6.07) is 0. The van der Waals surface area contributed by atoms with Gasteiger partial charge in [-0.3, -0.25) is 9.36 Å². The molecule has 0 heterocycles. The second kappa shape index (κ2) is 4.60. The molecule has 0 aromatic carbocycles. The molecule has 2 unspecified atom stereocenters. The normalized spacial score (nSPS) is 18.2. The van der Waals surface area contributed by atoms with Gasteiger partial charge in [-0.1, -0.05) is 0 Å². The third kappa shape index (κ3) is 7.72. The highest BCUT2D eigenvalue weighted by atomic mass is 31.2. The lowest BCUT2D eigenvalue weighted by Crippen LogP contribution is -2.14. The SMILES string of the molecule is CP(=O)(O)CC(O)CCC(=O)O. The molecule has 12 heavy (non-hydrogen) atoms. The van der Waals surface area contributed by atoms with Gasteiger partial charge in [-0.05, 0) is 6.42 Å². The summed E-state index contributed by atoms with van der Waals surface area (Å²) >= 11 is 0. The van der Waals surface area contributed by atoms with Crippen molar-refractivity contribution >= 4 is 13.3 Å². The first kappa shape index (κ1) is 11.6. The van der Waals surface area contributed by atoms with Gasteiger partial charge in [0.05, 0.1) is 12.3 Å². The molecular formula is C6H13O5P. The van der Waals surface area contributed by atoms with Crippen molar-refractivity contribution in [2.24, 2.45) is 0 Å². The molecule has 0 saturated heterocycles. The van der Waals surface area contributed by atoms with E-state index in [0.717, 1.165) is 6.66 Å². The summed E-state index contributed by atoms with van der Waals surface area (Å²) in [5.74, 6) is -1.02. The van der Waals surface area contributed by atoms with Crippen LogP contribution < -0.4 is 0 Å². The highest BCUT2D eigenvalue weighted by Crippen LogP contribution is 2.36. The van der Waals surface area contributed by atoms with Gasteiger partial charge in [-0.15, -0.1) is 0 Å². The minimum Gasteiger partial charge on any atom is -0.481 e. The van der Waals surface area contributed by atoms with E-state index in [-0.39, 0.29) is 19.0 Å². The van der Waals surface area contributed by atoms with Crippen molar-refractivity contribution in [3.63, 3.8) is 0 Å². The Kier molecular flexibility index (Phi) is 4.45. The predicted molar refractivity (Wildman–Crippen MR) is 43.5 cm³/mol. The van der Waals surface area contributed by atoms with Crippen molar-refractivity contribution in [1.82, 2.24) is 0 Å². The number of rotatable bonds is 5. The average Bonchev–Trinajstić information content (AvgIpc) is 1.79. The minimum atomic E-state index is -3.22. The number of aliphatic carboxylic acids is 1. The zero-order valence-electron chi connectivity index (χ0n) is 6.80. The second-order valence-corrected chi connectivity index (χ2v) is 5.29. The molecule has 0 aromatic rings. The lowest BCUT2D eigenvalue weighted by molar-refractivity contribution is -0.137. The first-order valence-corrected chi connectivity index (χ1v) is 5.79. The molecule has 3 N–H and O–H groups in total. The summed E-state index contributed by atoms with van der Waals surface area (Å²) < 4.78 is 10.7. The van der Waals surface area contributed by atoms with E-state index in [1.165, 1.54) is 0 Å². The maximum absolute atomic E-state index is 10.7. The van der Waals surface area contributed by atoms with E-state index in [9.17, 15) is 9.36 Å². The molecule has 0 aliphatic heterocycles. The van der Waals surface area contributed by atoms with E-state index in [1.54, 1.807) is 0 Å². The van der Waals surface area contributed by atoms with Crippen LogP contribution in [0.3, 0.4) is 0 Å². The van der Waals surface area contributed by atoms with Crippen molar-refractivity contribution in [3.05, 3.63) is 0 Å². The number of hydrogen-bond acceptors (Lipinski definition) is 3. The fraction of sp³-hybridized carbons (Fsp3) is 0.833. The van der Waals surface area contributed by atoms with Crippen LogP contribution >= 0.6 is 7.37 Å². The Morgan fingerprint density at radius 1 is 1.58 bits per heavy atom. The van der Waals surface area contributed by atoms with Gasteiger partial charge in [0.1, 0.15) is 0 Å². The highest BCUT2D eigenvalue weighted by Gasteiger charge is 2.17. The number of carboxylic acid groups (broad SMARTS) is 1. The van der Waals surface area contributed by atoms with Gasteiger partial charge in [-0.2, -0.15) is 0 Å². The van der Waals surface area contributed by atoms with Gasteiger partial charge in [0, 0.05) is 13.1 Å². The summed E-state index contributed by atoms with van der Waals surface area (Å²) in [5.41, 5.74) is 0. The van der Waals surface area contributed by atoms with Crippen molar-refractivity contribution in [1.29, 1.82) is 0 Å². The standard InChI is InChI=1S/C6H13O5P/c1-12(10,11)4-5(7)2-3-6(8)9/h5,7H,2-4H2,1H3,(H,8,9)(H,10,11). The molecule has 0 saturated carbocycles. The first-order valence-electron chi connectivity index (χ1n) is 3.50. The Bertz CT molecular complexity index is 196. The van der Waals surface area contributed by atoms with Crippen LogP contribution in [-0.4, -0.2) is 40.0 Å². The van der Waals surface area contributed by atoms with Gasteiger partial charge in [0.15, 0.2) is 7.37 Å². The van der Waals surface area contributed by atoms with Crippen LogP contribution in [0.15, 0.2) is 0 Å². The van der Waals surface area contributed by atoms with Gasteiger partial charge in [0.2, 0.25) is 0 Å². The van der Waals surface area contributed by atoms with Crippen molar-refractivity contribution < 1.29 is 24.5 Å². The summed E-state index contributed by atoms with van der Waals surface area (Å²) in [4.78, 5) is 18.8. The molecule has 0 spiro atoms. The van der Waals surface area contributed by atoms with Gasteiger partial charge in [-0.25, -0.2) is 0 Å². The van der Waals surface area contributed by atoms with Crippen molar-refractivity contribution in [3.8, 4) is 0 Å². The van der Waals surface area contributed by atoms with Crippen LogP contribution in [0.5, 0.6) is 0 Å². The Morgan fingerprint density at radius 3 is 2.42 bits per heavy atom. The molecule has 2 atom stereocenters. The monoisotopic (exact) mass is 196 g/mol. The van der Waals surface area contributed by atoms with E-state index in [1.807, 2.05) is 0 Å². The number of aliphatic hydroxyl groups excluding tert-OH is 1. The average molecular weight is 196 g/mol. The van der Waals surface area contributed by atoms with E-state index < -0.39 is 19.4 Å². The van der Waals surface area contributed by atoms with Crippen LogP contribution in [0.1, 0.15) is 12.8 Å². The quantitative estimate of drug-likeness (QED) is 0.542. The zero-order chi connectivity index (χ0) is 9.78. The fourth-order valence-electron chi connectivity index (χ4n) is 0.772. The maximum atomic E-state index is 10.7. The Morgan fingerprint density at radius 2 is 2.08 bits per heavy atom. The van der Waals surface area contributed by atoms with Crippen LogP contribution in [0, 0.1) is 0 Å². The number of hydrogen-bond donors (Lipinski definition) is 3. The Labute approximate surface area is 70.5 Å². The number of carboxylic acids is 1. The third-order valence-electron chi connectivity index (χ3n) is 1.24. The largest absolute Gasteiger partial charge is 0.481 e. The topological polar surface area (TPSA) is 94.8 Å². The molecule has 5 nitrogen and oxygen atoms in total. The van der Waals surface area contributed by atoms with Gasteiger partial charge in [0.25, 0.3) is 0 Å². The number of aliphatic hydroxyl groups is 1. The first-order chi connectivity index (χ1) is 5.31. The predicted octanol–water partition coefficient (Wildman–Crippen LogP) is 0.112. The lowest BCUT2D eigenvalue weighted by Gasteiger charge is -2.10. The summed E-state index contributed by atoms with van der Waals surface area (Å²) in [7, 11) is -3.22. The molecule has 0 fully saturated rings. The highest BCUT2D eigenvalue weighted by molar-refractivity contribution is 7.57. The molecule has 0 bridgehead atoms. The lowest BCUT2D eigenvalue weighted by atomic mass is 10.2. The van der Waals surface area contributed by atoms with Crippen LogP contribution in [-0.2, 0) is 9.36 Å². The maximum Gasteiger partial charge on any atom is 0.303 e. The van der Waals surface area contributed by atoms with E-state index in [4.69, 9.17) is 15.1 Å². The van der Waals surface area contributed by atoms with E-state index in [0.29, 0.717) is 0 Å². The summed E-state index contributed by atoms with van der Waals surface area (Å²) in [5, 5.41) is 17.3.